The van der Waals surface area contributed by atoms with E-state index in [1.54, 1.807) is 42.0 Å². The van der Waals surface area contributed by atoms with Gasteiger partial charge in [-0.3, -0.25) is 9.59 Å². The lowest BCUT2D eigenvalue weighted by atomic mass is 10.0. The third kappa shape index (κ3) is 10.5. The van der Waals surface area contributed by atoms with Gasteiger partial charge in [0.25, 0.3) is 5.91 Å². The number of benzene rings is 2. The molecule has 0 saturated carbocycles. The zero-order chi connectivity index (χ0) is 32.2. The second-order valence-corrected chi connectivity index (χ2v) is 12.2. The Bertz CT molecular complexity index is 1220. The molecule has 0 spiro atoms. The minimum atomic E-state index is -0.498. The molecule has 0 aliphatic carbocycles. The van der Waals surface area contributed by atoms with Crippen LogP contribution in [0.4, 0.5) is 10.5 Å². The number of aliphatic hydroxyl groups is 1. The number of fused-ring (bicyclic) bond motifs is 1. The molecule has 10 nitrogen and oxygen atoms in total. The van der Waals surface area contributed by atoms with Gasteiger partial charge in [0.2, 0.25) is 5.91 Å². The maximum Gasteiger partial charge on any atom is 0.317 e. The zero-order valence-corrected chi connectivity index (χ0v) is 27.0. The molecule has 0 fully saturated rings. The standard InChI is InChI=1S/C34H50N4O6/c1-23(2)35-34(42)37(6)21-31-24(3)20-38(25(4)22-39)33(41)29-19-28(36-32(40)18-27-13-8-7-9-14-27)15-16-30(29)44-26(5)12-10-11-17-43-31/h7-9,13-16,19,23-26,31,39H,10-12,17-18,20-22H2,1-6H3,(H,35,42)(H,36,40)/t24-,25-,26+,31+/m0/s1. The van der Waals surface area contributed by atoms with Gasteiger partial charge in [0, 0.05) is 44.4 Å². The Balaban J connectivity index is 1.91. The number of anilines is 1. The topological polar surface area (TPSA) is 120 Å². The van der Waals surface area contributed by atoms with Crippen molar-refractivity contribution in [3.05, 3.63) is 59.7 Å². The molecule has 0 radical (unpaired) electrons. The Morgan fingerprint density at radius 3 is 2.50 bits per heavy atom. The van der Waals surface area contributed by atoms with Crippen molar-refractivity contribution in [3.63, 3.8) is 0 Å². The van der Waals surface area contributed by atoms with Crippen molar-refractivity contribution in [1.82, 2.24) is 15.1 Å². The zero-order valence-electron chi connectivity index (χ0n) is 27.0. The Morgan fingerprint density at radius 1 is 1.09 bits per heavy atom. The molecular weight excluding hydrogens is 560 g/mol. The van der Waals surface area contributed by atoms with Gasteiger partial charge < -0.3 is 35.0 Å². The number of nitrogens with zero attached hydrogens (tertiary/aromatic N) is 2. The van der Waals surface area contributed by atoms with Gasteiger partial charge in [-0.05, 0) is 70.7 Å². The van der Waals surface area contributed by atoms with E-state index >= 15 is 0 Å². The summed E-state index contributed by atoms with van der Waals surface area (Å²) in [6.45, 7) is 10.5. The Kier molecular flexibility index (Phi) is 13.5. The highest BCUT2D eigenvalue weighted by atomic mass is 16.5. The number of likely N-dealkylation sites (N-methyl/N-ethyl adjacent to an activating group) is 1. The van der Waals surface area contributed by atoms with Crippen LogP contribution in [0.25, 0.3) is 0 Å². The van der Waals surface area contributed by atoms with Crippen LogP contribution in [0, 0.1) is 5.92 Å². The molecule has 1 aliphatic rings. The van der Waals surface area contributed by atoms with E-state index < -0.39 is 6.04 Å². The highest BCUT2D eigenvalue weighted by Crippen LogP contribution is 2.28. The van der Waals surface area contributed by atoms with E-state index in [0.29, 0.717) is 30.2 Å². The molecule has 2 aromatic carbocycles. The highest BCUT2D eigenvalue weighted by molar-refractivity contribution is 6.00. The summed E-state index contributed by atoms with van der Waals surface area (Å²) in [6.07, 6.45) is 2.17. The van der Waals surface area contributed by atoms with Gasteiger partial charge in [0.15, 0.2) is 0 Å². The van der Waals surface area contributed by atoms with Gasteiger partial charge in [-0.1, -0.05) is 37.3 Å². The first-order valence-electron chi connectivity index (χ1n) is 15.7. The first-order valence-corrected chi connectivity index (χ1v) is 15.7. The lowest BCUT2D eigenvalue weighted by Crippen LogP contribution is -2.49. The number of urea groups is 1. The van der Waals surface area contributed by atoms with Crippen LogP contribution >= 0.6 is 0 Å². The van der Waals surface area contributed by atoms with Crippen LogP contribution in [0.2, 0.25) is 0 Å². The van der Waals surface area contributed by atoms with E-state index in [2.05, 4.69) is 10.6 Å². The number of amides is 4. The fraction of sp³-hybridized carbons (Fsp3) is 0.559. The molecule has 44 heavy (non-hydrogen) atoms. The summed E-state index contributed by atoms with van der Waals surface area (Å²) in [4.78, 5) is 43.0. The number of nitrogens with one attached hydrogen (secondary N) is 2. The Labute approximate surface area is 262 Å². The molecule has 0 bridgehead atoms. The van der Waals surface area contributed by atoms with Gasteiger partial charge in [-0.15, -0.1) is 0 Å². The fourth-order valence-electron chi connectivity index (χ4n) is 5.16. The smallest absolute Gasteiger partial charge is 0.317 e. The number of hydrogen-bond acceptors (Lipinski definition) is 6. The average Bonchev–Trinajstić information content (AvgIpc) is 2.98. The lowest BCUT2D eigenvalue weighted by molar-refractivity contribution is -0.115. The fourth-order valence-corrected chi connectivity index (χ4v) is 5.16. The molecule has 0 aromatic heterocycles. The molecule has 1 heterocycles. The summed E-state index contributed by atoms with van der Waals surface area (Å²) in [6, 6.07) is 13.9. The molecule has 4 amide bonds. The quantitative estimate of drug-likeness (QED) is 0.398. The van der Waals surface area contributed by atoms with Crippen molar-refractivity contribution in [2.45, 2.75) is 84.6 Å². The summed E-state index contributed by atoms with van der Waals surface area (Å²) in [5.74, 6) is -0.247. The van der Waals surface area contributed by atoms with Crippen molar-refractivity contribution in [1.29, 1.82) is 0 Å². The predicted octanol–water partition coefficient (Wildman–Crippen LogP) is 4.71. The summed E-state index contributed by atoms with van der Waals surface area (Å²) >= 11 is 0. The van der Waals surface area contributed by atoms with Gasteiger partial charge in [0.1, 0.15) is 5.75 Å². The van der Waals surface area contributed by atoms with Crippen LogP contribution in [-0.4, -0.2) is 90.4 Å². The third-order valence-electron chi connectivity index (χ3n) is 7.76. The number of aliphatic hydroxyl groups excluding tert-OH is 1. The van der Waals surface area contributed by atoms with E-state index in [-0.39, 0.29) is 61.6 Å². The van der Waals surface area contributed by atoms with Crippen molar-refractivity contribution in [2.75, 3.05) is 38.7 Å². The van der Waals surface area contributed by atoms with E-state index in [9.17, 15) is 19.5 Å². The molecular formula is C34H50N4O6. The molecule has 0 saturated heterocycles. The van der Waals surface area contributed by atoms with E-state index in [4.69, 9.17) is 9.47 Å². The SMILES string of the molecule is CC(C)NC(=O)N(C)C[C@H]1OCCCC[C@@H](C)Oc2ccc(NC(=O)Cc3ccccc3)cc2C(=O)N([C@@H](C)CO)C[C@@H]1C. The number of carbonyl (C=O) groups excluding carboxylic acids is 3. The van der Waals surface area contributed by atoms with Crippen LogP contribution in [-0.2, 0) is 16.0 Å². The molecule has 0 unspecified atom stereocenters. The Morgan fingerprint density at radius 2 is 1.82 bits per heavy atom. The maximum atomic E-state index is 14.3. The minimum absolute atomic E-state index is 0.00286. The van der Waals surface area contributed by atoms with Crippen LogP contribution in [0.15, 0.2) is 48.5 Å². The molecule has 2 aromatic rings. The van der Waals surface area contributed by atoms with Crippen molar-refractivity contribution in [2.24, 2.45) is 5.92 Å². The number of ether oxygens (including phenoxy) is 2. The summed E-state index contributed by atoms with van der Waals surface area (Å²) in [5.41, 5.74) is 1.68. The van der Waals surface area contributed by atoms with Crippen LogP contribution < -0.4 is 15.4 Å². The monoisotopic (exact) mass is 610 g/mol. The number of rotatable bonds is 8. The summed E-state index contributed by atoms with van der Waals surface area (Å²) < 4.78 is 12.6. The van der Waals surface area contributed by atoms with E-state index in [1.165, 1.54) is 0 Å². The largest absolute Gasteiger partial charge is 0.490 e. The lowest BCUT2D eigenvalue weighted by Gasteiger charge is -2.36. The first kappa shape index (κ1) is 34.9. The number of hydrogen-bond donors (Lipinski definition) is 3. The average molecular weight is 611 g/mol. The van der Waals surface area contributed by atoms with Crippen molar-refractivity contribution < 1.29 is 29.0 Å². The van der Waals surface area contributed by atoms with E-state index in [1.807, 2.05) is 58.0 Å². The molecule has 4 atom stereocenters. The minimum Gasteiger partial charge on any atom is -0.490 e. The maximum absolute atomic E-state index is 14.3. The van der Waals surface area contributed by atoms with Gasteiger partial charge in [-0.2, -0.15) is 0 Å². The van der Waals surface area contributed by atoms with Crippen LogP contribution in [0.3, 0.4) is 0 Å². The van der Waals surface area contributed by atoms with Crippen molar-refractivity contribution >= 4 is 23.5 Å². The number of carbonyl (C=O) groups is 3. The van der Waals surface area contributed by atoms with E-state index in [0.717, 1.165) is 24.8 Å². The molecule has 10 heteroatoms. The molecule has 3 rings (SSSR count). The molecule has 242 valence electrons. The van der Waals surface area contributed by atoms with Crippen LogP contribution in [0.5, 0.6) is 5.75 Å². The summed E-state index contributed by atoms with van der Waals surface area (Å²) in [5, 5.41) is 16.0. The van der Waals surface area contributed by atoms with Gasteiger partial charge >= 0.3 is 6.03 Å². The highest BCUT2D eigenvalue weighted by Gasteiger charge is 2.31. The first-order chi connectivity index (χ1) is 21.0. The predicted molar refractivity (Wildman–Crippen MR) is 172 cm³/mol. The van der Waals surface area contributed by atoms with Gasteiger partial charge in [0.05, 0.1) is 36.8 Å². The molecule has 1 aliphatic heterocycles. The normalized spacial score (nSPS) is 20.6. The summed E-state index contributed by atoms with van der Waals surface area (Å²) in [7, 11) is 1.74. The second kappa shape index (κ2) is 17.0. The van der Waals surface area contributed by atoms with Crippen LogP contribution in [0.1, 0.15) is 69.8 Å². The molecule has 3 N–H and O–H groups in total. The second-order valence-electron chi connectivity index (χ2n) is 12.2. The Hall–Kier alpha value is -3.63. The third-order valence-corrected chi connectivity index (χ3v) is 7.76. The van der Waals surface area contributed by atoms with Gasteiger partial charge in [-0.25, -0.2) is 4.79 Å². The van der Waals surface area contributed by atoms with Crippen molar-refractivity contribution in [3.8, 4) is 5.75 Å².